The van der Waals surface area contributed by atoms with E-state index >= 15 is 0 Å². The van der Waals surface area contributed by atoms with Crippen LogP contribution in [-0.4, -0.2) is 12.0 Å². The monoisotopic (exact) mass is 157 g/mol. The summed E-state index contributed by atoms with van der Waals surface area (Å²) >= 11 is 1.94. The van der Waals surface area contributed by atoms with E-state index in [1.165, 1.54) is 31.4 Å². The van der Waals surface area contributed by atoms with Crippen LogP contribution in [0.1, 0.15) is 25.7 Å². The summed E-state index contributed by atoms with van der Waals surface area (Å²) in [5, 5.41) is 0. The lowest BCUT2D eigenvalue weighted by Gasteiger charge is -1.94. The van der Waals surface area contributed by atoms with E-state index in [9.17, 15) is 0 Å². The first-order valence-corrected chi connectivity index (χ1v) is 5.24. The molecule has 0 unspecified atom stereocenters. The van der Waals surface area contributed by atoms with Crippen LogP contribution in [0.4, 0.5) is 0 Å². The average Bonchev–Trinajstić information content (AvgIpc) is 1.97. The lowest BCUT2D eigenvalue weighted by Crippen LogP contribution is -1.78. The molecule has 59 valence electrons. The van der Waals surface area contributed by atoms with Crippen LogP contribution in [0, 0.1) is 6.92 Å². The van der Waals surface area contributed by atoms with Gasteiger partial charge in [0, 0.05) is 0 Å². The summed E-state index contributed by atoms with van der Waals surface area (Å²) in [5.74, 6) is 1.31. The van der Waals surface area contributed by atoms with Gasteiger partial charge in [0.25, 0.3) is 0 Å². The quantitative estimate of drug-likeness (QED) is 0.533. The highest BCUT2D eigenvalue weighted by Crippen LogP contribution is 2.04. The van der Waals surface area contributed by atoms with Gasteiger partial charge in [-0.25, -0.2) is 0 Å². The van der Waals surface area contributed by atoms with Crippen molar-refractivity contribution in [2.24, 2.45) is 0 Å². The predicted octanol–water partition coefficient (Wildman–Crippen LogP) is 3.30. The van der Waals surface area contributed by atoms with Crippen LogP contribution in [0.25, 0.3) is 0 Å². The van der Waals surface area contributed by atoms with Gasteiger partial charge in [-0.15, -0.1) is 0 Å². The molecule has 0 atom stereocenters. The Kier molecular flexibility index (Phi) is 9.17. The van der Waals surface area contributed by atoms with Gasteiger partial charge < -0.3 is 0 Å². The third kappa shape index (κ3) is 8.09. The summed E-state index contributed by atoms with van der Waals surface area (Å²) < 4.78 is 0. The maximum atomic E-state index is 3.63. The minimum atomic E-state index is 1.21. The molecule has 0 saturated carbocycles. The number of hydrogen-bond donors (Lipinski definition) is 0. The molecule has 10 heavy (non-hydrogen) atoms. The summed E-state index contributed by atoms with van der Waals surface area (Å²) in [7, 11) is 0. The molecule has 0 aliphatic rings. The Labute approximate surface area is 69.1 Å². The second kappa shape index (κ2) is 9.09. The normalized spacial score (nSPS) is 11.0. The average molecular weight is 157 g/mol. The van der Waals surface area contributed by atoms with Crippen molar-refractivity contribution in [3.63, 3.8) is 0 Å². The fraction of sp³-hybridized carbons (Fsp3) is 0.667. The van der Waals surface area contributed by atoms with Gasteiger partial charge in [0.15, 0.2) is 0 Å². The van der Waals surface area contributed by atoms with Crippen LogP contribution in [0.15, 0.2) is 12.2 Å². The molecule has 0 bridgehead atoms. The van der Waals surface area contributed by atoms with Crippen molar-refractivity contribution in [2.75, 3.05) is 12.0 Å². The molecule has 0 N–H and O–H groups in total. The van der Waals surface area contributed by atoms with E-state index in [-0.39, 0.29) is 0 Å². The van der Waals surface area contributed by atoms with Crippen molar-refractivity contribution in [2.45, 2.75) is 25.7 Å². The van der Waals surface area contributed by atoms with Crippen molar-refractivity contribution in [3.05, 3.63) is 19.1 Å². The van der Waals surface area contributed by atoms with E-state index in [4.69, 9.17) is 0 Å². The molecule has 0 aromatic heterocycles. The first-order chi connectivity index (χ1) is 4.91. The molecule has 0 aromatic rings. The standard InChI is InChI=1S/C9H17S/c1-3-4-5-6-7-8-9-10-2/h3-4H,1,5-9H2,2H3/b4-3+. The minimum Gasteiger partial charge on any atom is -0.165 e. The fourth-order valence-corrected chi connectivity index (χ4v) is 1.30. The second-order valence-electron chi connectivity index (χ2n) is 2.31. The van der Waals surface area contributed by atoms with Gasteiger partial charge in [-0.05, 0) is 38.2 Å². The Morgan fingerprint density at radius 3 is 2.70 bits per heavy atom. The van der Waals surface area contributed by atoms with Gasteiger partial charge in [0.05, 0.1) is 0 Å². The molecule has 0 amide bonds. The first kappa shape index (κ1) is 10.1. The highest BCUT2D eigenvalue weighted by Gasteiger charge is 1.85. The van der Waals surface area contributed by atoms with E-state index < -0.39 is 0 Å². The Hall–Kier alpha value is 0.0900. The van der Waals surface area contributed by atoms with Crippen LogP contribution in [0.2, 0.25) is 0 Å². The number of hydrogen-bond acceptors (Lipinski definition) is 1. The molecule has 1 radical (unpaired) electrons. The zero-order valence-electron chi connectivity index (χ0n) is 6.81. The molecule has 0 heterocycles. The van der Waals surface area contributed by atoms with Crippen LogP contribution >= 0.6 is 11.8 Å². The molecule has 1 heteroatoms. The molecule has 0 spiro atoms. The lowest BCUT2D eigenvalue weighted by atomic mass is 10.2. The molecular weight excluding hydrogens is 140 g/mol. The van der Waals surface area contributed by atoms with Crippen molar-refractivity contribution in [1.82, 2.24) is 0 Å². The highest BCUT2D eigenvalue weighted by molar-refractivity contribution is 7.98. The largest absolute Gasteiger partial charge is 0.165 e. The summed E-state index contributed by atoms with van der Waals surface area (Å²) in [6.07, 6.45) is 11.4. The third-order valence-electron chi connectivity index (χ3n) is 1.39. The van der Waals surface area contributed by atoms with Gasteiger partial charge in [0.2, 0.25) is 0 Å². The molecule has 0 aliphatic heterocycles. The van der Waals surface area contributed by atoms with Crippen molar-refractivity contribution >= 4 is 11.8 Å². The summed E-state index contributed by atoms with van der Waals surface area (Å²) in [6, 6.07) is 0. The Balaban J connectivity index is 2.77. The zero-order chi connectivity index (χ0) is 7.66. The number of thioether (sulfide) groups is 1. The molecular formula is C9H17S. The maximum Gasteiger partial charge on any atom is -0.00703 e. The summed E-state index contributed by atoms with van der Waals surface area (Å²) in [6.45, 7) is 3.63. The SMILES string of the molecule is [CH2]/C=C/CCCCCSC. The van der Waals surface area contributed by atoms with Gasteiger partial charge in [-0.2, -0.15) is 11.8 Å². The molecule has 0 rings (SSSR count). The molecule has 0 aliphatic carbocycles. The van der Waals surface area contributed by atoms with Gasteiger partial charge in [-0.3, -0.25) is 0 Å². The number of unbranched alkanes of at least 4 members (excludes halogenated alkanes) is 3. The predicted molar refractivity (Wildman–Crippen MR) is 51.3 cm³/mol. The minimum absolute atomic E-state index is 1.21. The van der Waals surface area contributed by atoms with Crippen LogP contribution < -0.4 is 0 Å². The first-order valence-electron chi connectivity index (χ1n) is 3.85. The Morgan fingerprint density at radius 2 is 2.10 bits per heavy atom. The van der Waals surface area contributed by atoms with Crippen LogP contribution in [0.3, 0.4) is 0 Å². The van der Waals surface area contributed by atoms with Crippen molar-refractivity contribution in [3.8, 4) is 0 Å². The number of allylic oxidation sites excluding steroid dienone is 2. The van der Waals surface area contributed by atoms with Gasteiger partial charge in [-0.1, -0.05) is 18.6 Å². The van der Waals surface area contributed by atoms with Gasteiger partial charge in [0.1, 0.15) is 0 Å². The third-order valence-corrected chi connectivity index (χ3v) is 2.08. The van der Waals surface area contributed by atoms with Crippen molar-refractivity contribution in [1.29, 1.82) is 0 Å². The van der Waals surface area contributed by atoms with Gasteiger partial charge >= 0.3 is 0 Å². The smallest absolute Gasteiger partial charge is 0.00703 e. The molecule has 0 nitrogen and oxygen atoms in total. The summed E-state index contributed by atoms with van der Waals surface area (Å²) in [4.78, 5) is 0. The van der Waals surface area contributed by atoms with E-state index in [0.29, 0.717) is 0 Å². The van der Waals surface area contributed by atoms with E-state index in [1.54, 1.807) is 0 Å². The Bertz CT molecular complexity index is 76.8. The second-order valence-corrected chi connectivity index (χ2v) is 3.30. The molecule has 0 fully saturated rings. The summed E-state index contributed by atoms with van der Waals surface area (Å²) in [5.41, 5.74) is 0. The van der Waals surface area contributed by atoms with Crippen LogP contribution in [-0.2, 0) is 0 Å². The zero-order valence-corrected chi connectivity index (χ0v) is 7.62. The fourth-order valence-electron chi connectivity index (χ4n) is 0.803. The Morgan fingerprint density at radius 1 is 1.30 bits per heavy atom. The van der Waals surface area contributed by atoms with Crippen LogP contribution in [0.5, 0.6) is 0 Å². The topological polar surface area (TPSA) is 0 Å². The van der Waals surface area contributed by atoms with Crippen molar-refractivity contribution < 1.29 is 0 Å². The van der Waals surface area contributed by atoms with E-state index in [2.05, 4.69) is 19.3 Å². The van der Waals surface area contributed by atoms with E-state index in [1.807, 2.05) is 17.8 Å². The maximum absolute atomic E-state index is 3.63. The van der Waals surface area contributed by atoms with E-state index in [0.717, 1.165) is 0 Å². The lowest BCUT2D eigenvalue weighted by molar-refractivity contribution is 0.735. The highest BCUT2D eigenvalue weighted by atomic mass is 32.2. The molecule has 0 aromatic carbocycles. The molecule has 0 saturated heterocycles. The number of rotatable bonds is 6.